The molecule has 0 aromatic heterocycles. The van der Waals surface area contributed by atoms with E-state index in [4.69, 9.17) is 0 Å². The molecule has 0 aliphatic carbocycles. The second-order valence-corrected chi connectivity index (χ2v) is 10.4. The summed E-state index contributed by atoms with van der Waals surface area (Å²) in [7, 11) is -4.12. The lowest BCUT2D eigenvalue weighted by molar-refractivity contribution is -0.139. The maximum absolute atomic E-state index is 15.4. The van der Waals surface area contributed by atoms with Crippen molar-refractivity contribution in [3.63, 3.8) is 0 Å². The summed E-state index contributed by atoms with van der Waals surface area (Å²) < 4.78 is 211. The van der Waals surface area contributed by atoms with Crippen LogP contribution in [0.2, 0.25) is 0 Å². The van der Waals surface area contributed by atoms with Crippen LogP contribution in [0.1, 0.15) is 33.4 Å². The normalized spacial score (nSPS) is 13.0. The van der Waals surface area contributed by atoms with E-state index >= 15 is 26.3 Å². The molecule has 0 saturated heterocycles. The minimum Gasteiger partial charge on any atom is -0.206 e. The molecule has 3 aromatic rings. The predicted octanol–water partition coefficient (Wildman–Crippen LogP) is 8.26. The molecule has 0 heterocycles. The lowest BCUT2D eigenvalue weighted by atomic mass is 10.1. The molecule has 0 spiro atoms. The maximum Gasteiger partial charge on any atom is 0.416 e. The zero-order valence-electron chi connectivity index (χ0n) is 19.8. The summed E-state index contributed by atoms with van der Waals surface area (Å²) in [6.07, 6.45) is -16.2. The van der Waals surface area contributed by atoms with Crippen LogP contribution >= 0.6 is 7.92 Å². The van der Waals surface area contributed by atoms with Crippen LogP contribution in [0.15, 0.2) is 18.2 Å². The van der Waals surface area contributed by atoms with E-state index in [1.807, 2.05) is 0 Å². The molecule has 0 N–H and O–H groups in total. The van der Waals surface area contributed by atoms with Gasteiger partial charge in [-0.05, 0) is 55.7 Å². The summed E-state index contributed by atoms with van der Waals surface area (Å²) in [5.74, 6) is -13.5. The summed E-state index contributed by atoms with van der Waals surface area (Å²) in [6, 6.07) is -1.12. The van der Waals surface area contributed by atoms with Gasteiger partial charge in [-0.2, -0.15) is 39.5 Å². The first-order valence-corrected chi connectivity index (χ1v) is 11.8. The Kier molecular flexibility index (Phi) is 8.01. The second-order valence-electron chi connectivity index (χ2n) is 8.41. The molecule has 0 unspecified atom stereocenters. The van der Waals surface area contributed by atoms with Crippen LogP contribution in [0.25, 0.3) is 0 Å². The van der Waals surface area contributed by atoms with Gasteiger partial charge in [0.1, 0.15) is 34.9 Å². The van der Waals surface area contributed by atoms with E-state index in [0.29, 0.717) is 20.8 Å². The van der Waals surface area contributed by atoms with Gasteiger partial charge in [-0.25, -0.2) is 26.3 Å². The quantitative estimate of drug-likeness (QED) is 0.206. The Bertz CT molecular complexity index is 1320. The second kappa shape index (κ2) is 10.1. The molecule has 0 amide bonds. The monoisotopic (exact) mass is 616 g/mol. The zero-order chi connectivity index (χ0) is 30.9. The molecular formula is C24H12F15P. The van der Waals surface area contributed by atoms with Gasteiger partial charge in [0.15, 0.2) is 0 Å². The van der Waals surface area contributed by atoms with Crippen molar-refractivity contribution in [3.05, 3.63) is 86.5 Å². The third-order valence-corrected chi connectivity index (χ3v) is 8.47. The SMILES string of the molecule is Cc1c(C(F)(F)F)cc(F)c(P(c2c(F)cc(C(F)(F)F)c(C)c2F)c2c(F)cc(C(F)(F)F)c(C)c2F)c1F. The number of halogens is 15. The summed E-state index contributed by atoms with van der Waals surface area (Å²) in [5, 5.41) is -5.39. The van der Waals surface area contributed by atoms with Crippen molar-refractivity contribution in [1.82, 2.24) is 0 Å². The van der Waals surface area contributed by atoms with Gasteiger partial charge in [-0.1, -0.05) is 0 Å². The Morgan fingerprint density at radius 2 is 0.625 bits per heavy atom. The van der Waals surface area contributed by atoms with Crippen molar-refractivity contribution in [2.24, 2.45) is 0 Å². The minimum absolute atomic E-state index is 0.372. The van der Waals surface area contributed by atoms with Crippen LogP contribution in [0.5, 0.6) is 0 Å². The molecule has 218 valence electrons. The number of hydrogen-bond acceptors (Lipinski definition) is 0. The third-order valence-electron chi connectivity index (χ3n) is 5.90. The Balaban J connectivity index is 2.59. The summed E-state index contributed by atoms with van der Waals surface area (Å²) in [4.78, 5) is 0. The molecule has 16 heteroatoms. The van der Waals surface area contributed by atoms with Gasteiger partial charge in [-0.15, -0.1) is 0 Å². The van der Waals surface area contributed by atoms with Crippen LogP contribution < -0.4 is 15.9 Å². The highest BCUT2D eigenvalue weighted by atomic mass is 31.1. The van der Waals surface area contributed by atoms with E-state index in [-0.39, 0.29) is 18.2 Å². The summed E-state index contributed by atoms with van der Waals surface area (Å²) >= 11 is 0. The van der Waals surface area contributed by atoms with E-state index in [1.165, 1.54) is 0 Å². The molecule has 40 heavy (non-hydrogen) atoms. The van der Waals surface area contributed by atoms with Crippen molar-refractivity contribution in [1.29, 1.82) is 0 Å². The molecular weight excluding hydrogens is 604 g/mol. The zero-order valence-corrected chi connectivity index (χ0v) is 20.7. The molecule has 0 radical (unpaired) electrons. The minimum atomic E-state index is -5.41. The highest BCUT2D eigenvalue weighted by Gasteiger charge is 2.43. The number of benzene rings is 3. The summed E-state index contributed by atoms with van der Waals surface area (Å²) in [5.41, 5.74) is -10.1. The lowest BCUT2D eigenvalue weighted by Gasteiger charge is -2.26. The molecule has 0 aliphatic rings. The van der Waals surface area contributed by atoms with Gasteiger partial charge >= 0.3 is 18.5 Å². The fourth-order valence-corrected chi connectivity index (χ4v) is 6.54. The van der Waals surface area contributed by atoms with Crippen LogP contribution in [0, 0.1) is 55.7 Å². The van der Waals surface area contributed by atoms with Crippen LogP contribution in [0.3, 0.4) is 0 Å². The van der Waals surface area contributed by atoms with Crippen molar-refractivity contribution in [3.8, 4) is 0 Å². The lowest BCUT2D eigenvalue weighted by Crippen LogP contribution is -2.35. The molecule has 0 bridgehead atoms. The first-order chi connectivity index (χ1) is 18.0. The van der Waals surface area contributed by atoms with Crippen LogP contribution in [0.4, 0.5) is 65.9 Å². The topological polar surface area (TPSA) is 0 Å². The first-order valence-electron chi connectivity index (χ1n) is 10.5. The molecule has 0 nitrogen and oxygen atoms in total. The van der Waals surface area contributed by atoms with E-state index in [2.05, 4.69) is 0 Å². The maximum atomic E-state index is 15.4. The molecule has 0 saturated carbocycles. The molecule has 0 aliphatic heterocycles. The fraction of sp³-hybridized carbons (Fsp3) is 0.250. The Morgan fingerprint density at radius 3 is 0.800 bits per heavy atom. The Hall–Kier alpha value is -2.96. The van der Waals surface area contributed by atoms with Crippen molar-refractivity contribution >= 4 is 23.8 Å². The van der Waals surface area contributed by atoms with Crippen LogP contribution in [-0.2, 0) is 18.5 Å². The van der Waals surface area contributed by atoms with Gasteiger partial charge in [0.05, 0.1) is 32.6 Å². The first kappa shape index (κ1) is 31.6. The van der Waals surface area contributed by atoms with Crippen molar-refractivity contribution in [2.45, 2.75) is 39.3 Å². The van der Waals surface area contributed by atoms with E-state index < -0.39 is 111 Å². The standard InChI is InChI=1S/C24H12F15P/c1-7-10(22(31,32)33)4-13(25)19(16(7)28)40(20-14(26)5-11(23(34,35)36)8(2)17(20)29)21-15(27)6-12(24(37,38)39)9(3)18(21)30/h4-6H,1-3H3. The molecule has 3 aromatic carbocycles. The van der Waals surface area contributed by atoms with Crippen molar-refractivity contribution in [2.75, 3.05) is 0 Å². The Labute approximate surface area is 216 Å². The third kappa shape index (κ3) is 5.36. The smallest absolute Gasteiger partial charge is 0.206 e. The highest BCUT2D eigenvalue weighted by molar-refractivity contribution is 7.79. The van der Waals surface area contributed by atoms with Gasteiger partial charge < -0.3 is 0 Å². The van der Waals surface area contributed by atoms with Gasteiger partial charge in [-0.3, -0.25) is 0 Å². The number of hydrogen-bond donors (Lipinski definition) is 0. The largest absolute Gasteiger partial charge is 0.416 e. The van der Waals surface area contributed by atoms with E-state index in [1.54, 1.807) is 0 Å². The van der Waals surface area contributed by atoms with Crippen molar-refractivity contribution < 1.29 is 65.9 Å². The fourth-order valence-electron chi connectivity index (χ4n) is 3.95. The predicted molar refractivity (Wildman–Crippen MR) is 114 cm³/mol. The molecule has 0 fully saturated rings. The Morgan fingerprint density at radius 1 is 0.425 bits per heavy atom. The van der Waals surface area contributed by atoms with E-state index in [9.17, 15) is 39.5 Å². The van der Waals surface area contributed by atoms with Gasteiger partial charge in [0.25, 0.3) is 0 Å². The molecule has 3 rings (SSSR count). The van der Waals surface area contributed by atoms with E-state index in [0.717, 1.165) is 0 Å². The average molecular weight is 616 g/mol. The van der Waals surface area contributed by atoms with Gasteiger partial charge in [0.2, 0.25) is 0 Å². The molecule has 0 atom stereocenters. The number of rotatable bonds is 3. The van der Waals surface area contributed by atoms with Crippen LogP contribution in [-0.4, -0.2) is 0 Å². The summed E-state index contributed by atoms with van der Waals surface area (Å²) in [6.45, 7) is 1.26. The number of alkyl halides is 9. The highest BCUT2D eigenvalue weighted by Crippen LogP contribution is 2.45. The van der Waals surface area contributed by atoms with Gasteiger partial charge in [0, 0.05) is 7.92 Å². The average Bonchev–Trinajstić information content (AvgIpc) is 2.78.